The molecule has 70 valence electrons. The second kappa shape index (κ2) is 3.25. The fourth-order valence-electron chi connectivity index (χ4n) is 0.997. The Hall–Kier alpha value is -2.24. The van der Waals surface area contributed by atoms with Gasteiger partial charge in [0.25, 0.3) is 0 Å². The molecule has 0 radical (unpaired) electrons. The van der Waals surface area contributed by atoms with E-state index in [4.69, 9.17) is 5.11 Å². The average molecular weight is 190 g/mol. The SMILES string of the molecule is O=C(O)c1ccc(-c2cn[nH]n2)nc1. The molecule has 0 bridgehead atoms. The molecule has 0 saturated carbocycles. The van der Waals surface area contributed by atoms with Gasteiger partial charge in [-0.1, -0.05) is 0 Å². The van der Waals surface area contributed by atoms with Crippen LogP contribution in [0.5, 0.6) is 0 Å². The van der Waals surface area contributed by atoms with Crippen LogP contribution in [0.3, 0.4) is 0 Å². The van der Waals surface area contributed by atoms with Crippen molar-refractivity contribution in [2.75, 3.05) is 0 Å². The van der Waals surface area contributed by atoms with Crippen LogP contribution >= 0.6 is 0 Å². The van der Waals surface area contributed by atoms with Crippen LogP contribution in [0, 0.1) is 0 Å². The number of carboxylic acids is 1. The molecule has 0 fully saturated rings. The van der Waals surface area contributed by atoms with E-state index in [9.17, 15) is 4.79 Å². The van der Waals surface area contributed by atoms with E-state index < -0.39 is 5.97 Å². The Morgan fingerprint density at radius 3 is 2.64 bits per heavy atom. The van der Waals surface area contributed by atoms with Gasteiger partial charge in [-0.25, -0.2) is 4.79 Å². The highest BCUT2D eigenvalue weighted by atomic mass is 16.4. The minimum Gasteiger partial charge on any atom is -0.478 e. The molecule has 0 unspecified atom stereocenters. The maximum absolute atomic E-state index is 10.5. The first-order chi connectivity index (χ1) is 6.77. The van der Waals surface area contributed by atoms with Crippen LogP contribution in [0.2, 0.25) is 0 Å². The van der Waals surface area contributed by atoms with Gasteiger partial charge in [0.05, 0.1) is 17.5 Å². The lowest BCUT2D eigenvalue weighted by Crippen LogP contribution is -1.97. The van der Waals surface area contributed by atoms with Crippen LogP contribution in [0.15, 0.2) is 24.5 Å². The highest BCUT2D eigenvalue weighted by Gasteiger charge is 2.05. The normalized spacial score (nSPS) is 10.0. The van der Waals surface area contributed by atoms with E-state index in [-0.39, 0.29) is 5.56 Å². The number of pyridine rings is 1. The van der Waals surface area contributed by atoms with Gasteiger partial charge in [-0.2, -0.15) is 15.4 Å². The molecule has 6 heteroatoms. The van der Waals surface area contributed by atoms with Crippen molar-refractivity contribution in [3.05, 3.63) is 30.1 Å². The van der Waals surface area contributed by atoms with E-state index in [1.165, 1.54) is 18.5 Å². The molecule has 0 spiro atoms. The third-order valence-electron chi connectivity index (χ3n) is 1.69. The van der Waals surface area contributed by atoms with Gasteiger partial charge in [-0.3, -0.25) is 4.98 Å². The number of aromatic amines is 1. The summed E-state index contributed by atoms with van der Waals surface area (Å²) in [7, 11) is 0. The van der Waals surface area contributed by atoms with Gasteiger partial charge in [0.2, 0.25) is 0 Å². The zero-order chi connectivity index (χ0) is 9.97. The summed E-state index contributed by atoms with van der Waals surface area (Å²) in [5, 5.41) is 18.5. The van der Waals surface area contributed by atoms with Gasteiger partial charge in [0, 0.05) is 6.20 Å². The van der Waals surface area contributed by atoms with E-state index >= 15 is 0 Å². The van der Waals surface area contributed by atoms with Gasteiger partial charge in [-0.05, 0) is 12.1 Å². The van der Waals surface area contributed by atoms with Crippen molar-refractivity contribution in [2.45, 2.75) is 0 Å². The first-order valence-electron chi connectivity index (χ1n) is 3.83. The van der Waals surface area contributed by atoms with Crippen LogP contribution in [-0.4, -0.2) is 31.5 Å². The Morgan fingerprint density at radius 1 is 1.29 bits per heavy atom. The minimum atomic E-state index is -0.996. The third kappa shape index (κ3) is 1.45. The molecule has 0 amide bonds. The van der Waals surface area contributed by atoms with E-state index in [0.29, 0.717) is 11.4 Å². The Balaban J connectivity index is 2.36. The van der Waals surface area contributed by atoms with Crippen LogP contribution in [0.4, 0.5) is 0 Å². The molecule has 0 saturated heterocycles. The van der Waals surface area contributed by atoms with E-state index in [0.717, 1.165) is 0 Å². The van der Waals surface area contributed by atoms with Crippen LogP contribution in [0.1, 0.15) is 10.4 Å². The van der Waals surface area contributed by atoms with Gasteiger partial charge in [-0.15, -0.1) is 0 Å². The summed E-state index contributed by atoms with van der Waals surface area (Å²) >= 11 is 0. The molecule has 6 nitrogen and oxygen atoms in total. The zero-order valence-corrected chi connectivity index (χ0v) is 7.01. The van der Waals surface area contributed by atoms with Crippen molar-refractivity contribution < 1.29 is 9.90 Å². The Kier molecular flexibility index (Phi) is 1.94. The number of nitrogens with zero attached hydrogens (tertiary/aromatic N) is 3. The average Bonchev–Trinajstić information content (AvgIpc) is 2.71. The summed E-state index contributed by atoms with van der Waals surface area (Å²) in [4.78, 5) is 14.5. The van der Waals surface area contributed by atoms with Crippen molar-refractivity contribution in [1.82, 2.24) is 20.4 Å². The molecule has 2 N–H and O–H groups in total. The highest BCUT2D eigenvalue weighted by Crippen LogP contribution is 2.11. The molecule has 0 aliphatic heterocycles. The van der Waals surface area contributed by atoms with Crippen LogP contribution in [0.25, 0.3) is 11.4 Å². The largest absolute Gasteiger partial charge is 0.478 e. The molecule has 2 rings (SSSR count). The van der Waals surface area contributed by atoms with Crippen LogP contribution < -0.4 is 0 Å². The van der Waals surface area contributed by atoms with Gasteiger partial charge in [0.1, 0.15) is 5.69 Å². The maximum Gasteiger partial charge on any atom is 0.337 e. The topological polar surface area (TPSA) is 91.8 Å². The lowest BCUT2D eigenvalue weighted by atomic mass is 10.2. The Morgan fingerprint density at radius 2 is 2.14 bits per heavy atom. The highest BCUT2D eigenvalue weighted by molar-refractivity contribution is 5.87. The number of carboxylic acid groups (broad SMARTS) is 1. The summed E-state index contributed by atoms with van der Waals surface area (Å²) in [5.41, 5.74) is 1.32. The number of carbonyl (C=O) groups is 1. The molecule has 2 heterocycles. The van der Waals surface area contributed by atoms with Gasteiger partial charge in [0.15, 0.2) is 0 Å². The Labute approximate surface area is 78.6 Å². The quantitative estimate of drug-likeness (QED) is 0.722. The van der Waals surface area contributed by atoms with Crippen molar-refractivity contribution in [3.63, 3.8) is 0 Å². The predicted molar refractivity (Wildman–Crippen MR) is 46.6 cm³/mol. The summed E-state index contributed by atoms with van der Waals surface area (Å²) < 4.78 is 0. The number of hydrogen-bond donors (Lipinski definition) is 2. The minimum absolute atomic E-state index is 0.150. The van der Waals surface area contributed by atoms with Crippen molar-refractivity contribution in [2.24, 2.45) is 0 Å². The summed E-state index contributed by atoms with van der Waals surface area (Å²) in [5.74, 6) is -0.996. The summed E-state index contributed by atoms with van der Waals surface area (Å²) in [6.45, 7) is 0. The molecule has 2 aromatic heterocycles. The predicted octanol–water partition coefficient (Wildman–Crippen LogP) is 0.565. The molecule has 0 aliphatic carbocycles. The number of hydrogen-bond acceptors (Lipinski definition) is 4. The first-order valence-corrected chi connectivity index (χ1v) is 3.83. The molecule has 0 aliphatic rings. The first kappa shape index (κ1) is 8.36. The molecule has 0 atom stereocenters. The van der Waals surface area contributed by atoms with Crippen molar-refractivity contribution in [1.29, 1.82) is 0 Å². The maximum atomic E-state index is 10.5. The van der Waals surface area contributed by atoms with Crippen LogP contribution in [-0.2, 0) is 0 Å². The molecule has 14 heavy (non-hydrogen) atoms. The zero-order valence-electron chi connectivity index (χ0n) is 7.01. The van der Waals surface area contributed by atoms with Crippen molar-refractivity contribution in [3.8, 4) is 11.4 Å². The van der Waals surface area contributed by atoms with Gasteiger partial charge >= 0.3 is 5.97 Å². The second-order valence-electron chi connectivity index (χ2n) is 2.59. The lowest BCUT2D eigenvalue weighted by molar-refractivity contribution is 0.0696. The second-order valence-corrected chi connectivity index (χ2v) is 2.59. The monoisotopic (exact) mass is 190 g/mol. The number of nitrogens with one attached hydrogen (secondary N) is 1. The molecular formula is C8H6N4O2. The fourth-order valence-corrected chi connectivity index (χ4v) is 0.997. The van der Waals surface area contributed by atoms with E-state index in [2.05, 4.69) is 20.4 Å². The molecule has 0 aromatic carbocycles. The summed E-state index contributed by atoms with van der Waals surface area (Å²) in [6.07, 6.45) is 2.80. The Bertz CT molecular complexity index is 435. The number of aromatic carboxylic acids is 1. The molecular weight excluding hydrogens is 184 g/mol. The van der Waals surface area contributed by atoms with Crippen molar-refractivity contribution >= 4 is 5.97 Å². The molecule has 2 aromatic rings. The lowest BCUT2D eigenvalue weighted by Gasteiger charge is -1.95. The number of rotatable bonds is 2. The number of aromatic nitrogens is 4. The summed E-state index contributed by atoms with van der Waals surface area (Å²) in [6, 6.07) is 3.06. The van der Waals surface area contributed by atoms with Gasteiger partial charge < -0.3 is 5.11 Å². The standard InChI is InChI=1S/C8H6N4O2/c13-8(14)5-1-2-6(9-3-5)7-4-10-12-11-7/h1-4H,(H,13,14)(H,10,11,12). The van der Waals surface area contributed by atoms with E-state index in [1.54, 1.807) is 6.07 Å². The fraction of sp³-hybridized carbons (Fsp3) is 0. The third-order valence-corrected chi connectivity index (χ3v) is 1.69. The smallest absolute Gasteiger partial charge is 0.337 e. The van der Waals surface area contributed by atoms with E-state index in [1.807, 2.05) is 0 Å². The number of H-pyrrole nitrogens is 1.